The Kier molecular flexibility index (Phi) is 4.80. The Bertz CT molecular complexity index is 757. The number of anilines is 2. The fraction of sp³-hybridized carbons (Fsp3) is 0.353. The first kappa shape index (κ1) is 16.4. The molecule has 3 rings (SSSR count). The summed E-state index contributed by atoms with van der Waals surface area (Å²) in [5.74, 6) is 0.525. The van der Waals surface area contributed by atoms with Crippen molar-refractivity contribution in [1.29, 1.82) is 0 Å². The third-order valence-electron chi connectivity index (χ3n) is 3.69. The molecule has 1 aromatic heterocycles. The van der Waals surface area contributed by atoms with Crippen molar-refractivity contribution >= 4 is 34.0 Å². The molecule has 1 aliphatic heterocycles. The van der Waals surface area contributed by atoms with Crippen molar-refractivity contribution in [3.8, 4) is 5.75 Å². The molecule has 0 saturated carbocycles. The molecule has 7 heteroatoms. The Labute approximate surface area is 144 Å². The van der Waals surface area contributed by atoms with Gasteiger partial charge in [-0.3, -0.25) is 14.5 Å². The van der Waals surface area contributed by atoms with Gasteiger partial charge in [-0.2, -0.15) is 0 Å². The van der Waals surface area contributed by atoms with Crippen LogP contribution in [0, 0.1) is 0 Å². The molecule has 0 radical (unpaired) electrons. The van der Waals surface area contributed by atoms with E-state index in [1.165, 1.54) is 16.2 Å². The van der Waals surface area contributed by atoms with Crippen LogP contribution in [0.2, 0.25) is 0 Å². The number of ether oxygens (including phenoxy) is 1. The molecule has 0 aliphatic carbocycles. The second-order valence-corrected chi connectivity index (χ2v) is 6.68. The van der Waals surface area contributed by atoms with Gasteiger partial charge in [-0.05, 0) is 18.1 Å². The van der Waals surface area contributed by atoms with Crippen LogP contribution in [-0.2, 0) is 9.59 Å². The Morgan fingerprint density at radius 1 is 1.42 bits per heavy atom. The Hall–Kier alpha value is -2.41. The summed E-state index contributed by atoms with van der Waals surface area (Å²) in [6.45, 7) is 4.36. The van der Waals surface area contributed by atoms with Gasteiger partial charge in [0.05, 0.1) is 24.4 Å². The SMILES string of the molecule is CC(C)c1csc(NC(=O)CN2C(=O)CCOc3ccccc32)n1. The number of carbonyl (C=O) groups excluding carboxylic acids is 2. The van der Waals surface area contributed by atoms with Crippen LogP contribution in [0.5, 0.6) is 5.75 Å². The summed E-state index contributed by atoms with van der Waals surface area (Å²) < 4.78 is 5.57. The zero-order valence-electron chi connectivity index (χ0n) is 13.6. The van der Waals surface area contributed by atoms with E-state index < -0.39 is 0 Å². The maximum Gasteiger partial charge on any atom is 0.246 e. The van der Waals surface area contributed by atoms with E-state index in [0.717, 1.165) is 5.69 Å². The summed E-state index contributed by atoms with van der Waals surface area (Å²) in [5, 5.41) is 5.25. The first-order valence-electron chi connectivity index (χ1n) is 7.82. The summed E-state index contributed by atoms with van der Waals surface area (Å²) in [6, 6.07) is 7.25. The van der Waals surface area contributed by atoms with Crippen molar-refractivity contribution in [2.24, 2.45) is 0 Å². The molecule has 0 bridgehead atoms. The molecule has 0 saturated heterocycles. The van der Waals surface area contributed by atoms with Gasteiger partial charge < -0.3 is 10.1 Å². The Morgan fingerprint density at radius 2 is 2.21 bits per heavy atom. The predicted octanol–water partition coefficient (Wildman–Crippen LogP) is 3.02. The van der Waals surface area contributed by atoms with Gasteiger partial charge in [-0.25, -0.2) is 4.98 Å². The zero-order chi connectivity index (χ0) is 17.1. The molecule has 2 amide bonds. The van der Waals surface area contributed by atoms with Crippen molar-refractivity contribution in [3.63, 3.8) is 0 Å². The normalized spacial score (nSPS) is 14.1. The minimum Gasteiger partial charge on any atom is -0.491 e. The number of nitrogens with one attached hydrogen (secondary N) is 1. The van der Waals surface area contributed by atoms with Gasteiger partial charge in [0, 0.05) is 5.38 Å². The molecule has 6 nitrogen and oxygen atoms in total. The molecule has 0 fully saturated rings. The van der Waals surface area contributed by atoms with Crippen molar-refractivity contribution in [1.82, 2.24) is 4.98 Å². The fourth-order valence-corrected chi connectivity index (χ4v) is 3.29. The van der Waals surface area contributed by atoms with Crippen LogP contribution in [0.3, 0.4) is 0 Å². The van der Waals surface area contributed by atoms with Gasteiger partial charge in [-0.1, -0.05) is 26.0 Å². The zero-order valence-corrected chi connectivity index (χ0v) is 14.4. The number of carbonyl (C=O) groups is 2. The Morgan fingerprint density at radius 3 is 2.96 bits per heavy atom. The number of thiazole rings is 1. The highest BCUT2D eigenvalue weighted by Crippen LogP contribution is 2.31. The summed E-state index contributed by atoms with van der Waals surface area (Å²) in [5.41, 5.74) is 1.57. The highest BCUT2D eigenvalue weighted by molar-refractivity contribution is 7.13. The number of nitrogens with zero attached hydrogens (tertiary/aromatic N) is 2. The first-order chi connectivity index (χ1) is 11.5. The smallest absolute Gasteiger partial charge is 0.246 e. The number of hydrogen-bond acceptors (Lipinski definition) is 5. The van der Waals surface area contributed by atoms with Crippen LogP contribution in [0.25, 0.3) is 0 Å². The average molecular weight is 345 g/mol. The number of aromatic nitrogens is 1. The van der Waals surface area contributed by atoms with Gasteiger partial charge in [0.2, 0.25) is 11.8 Å². The summed E-state index contributed by atoms with van der Waals surface area (Å²) >= 11 is 1.39. The van der Waals surface area contributed by atoms with Gasteiger partial charge in [0.15, 0.2) is 5.13 Å². The second-order valence-electron chi connectivity index (χ2n) is 5.83. The number of hydrogen-bond donors (Lipinski definition) is 1. The van der Waals surface area contributed by atoms with Gasteiger partial charge in [0.25, 0.3) is 0 Å². The molecule has 0 spiro atoms. The number of amides is 2. The van der Waals surface area contributed by atoms with Crippen LogP contribution in [0.4, 0.5) is 10.8 Å². The van der Waals surface area contributed by atoms with Crippen LogP contribution in [0.15, 0.2) is 29.6 Å². The molecule has 2 heterocycles. The molecular formula is C17H19N3O3S. The summed E-state index contributed by atoms with van der Waals surface area (Å²) in [7, 11) is 0. The van der Waals surface area contributed by atoms with Crippen molar-refractivity contribution < 1.29 is 14.3 Å². The molecule has 0 unspecified atom stereocenters. The third kappa shape index (κ3) is 3.56. The quantitative estimate of drug-likeness (QED) is 0.924. The molecular weight excluding hydrogens is 326 g/mol. The number of fused-ring (bicyclic) bond motifs is 1. The standard InChI is InChI=1S/C17H19N3O3S/c1-11(2)12-10-24-17(18-12)19-15(21)9-20-13-5-3-4-6-14(13)23-8-7-16(20)22/h3-6,10-11H,7-9H2,1-2H3,(H,18,19,21). The van der Waals surface area contributed by atoms with Crippen LogP contribution >= 0.6 is 11.3 Å². The predicted molar refractivity (Wildman–Crippen MR) is 93.7 cm³/mol. The van der Waals surface area contributed by atoms with E-state index in [-0.39, 0.29) is 24.8 Å². The minimum absolute atomic E-state index is 0.0597. The number of rotatable bonds is 4. The van der Waals surface area contributed by atoms with E-state index >= 15 is 0 Å². The minimum atomic E-state index is -0.273. The Balaban J connectivity index is 1.73. The lowest BCUT2D eigenvalue weighted by atomic mass is 10.2. The van der Waals surface area contributed by atoms with Crippen molar-refractivity contribution in [3.05, 3.63) is 35.3 Å². The van der Waals surface area contributed by atoms with E-state index in [9.17, 15) is 9.59 Å². The van der Waals surface area contributed by atoms with E-state index in [0.29, 0.717) is 29.1 Å². The van der Waals surface area contributed by atoms with E-state index in [4.69, 9.17) is 4.74 Å². The number of benzene rings is 1. The highest BCUT2D eigenvalue weighted by Gasteiger charge is 2.25. The van der Waals surface area contributed by atoms with Crippen molar-refractivity contribution in [2.75, 3.05) is 23.4 Å². The number of para-hydroxylation sites is 2. The lowest BCUT2D eigenvalue weighted by Gasteiger charge is -2.20. The van der Waals surface area contributed by atoms with E-state index in [2.05, 4.69) is 10.3 Å². The molecule has 1 aromatic carbocycles. The molecule has 126 valence electrons. The lowest BCUT2D eigenvalue weighted by molar-refractivity contribution is -0.121. The molecule has 24 heavy (non-hydrogen) atoms. The highest BCUT2D eigenvalue weighted by atomic mass is 32.1. The fourth-order valence-electron chi connectivity index (χ4n) is 2.40. The monoisotopic (exact) mass is 345 g/mol. The maximum absolute atomic E-state index is 12.3. The first-order valence-corrected chi connectivity index (χ1v) is 8.70. The maximum atomic E-state index is 12.3. The van der Waals surface area contributed by atoms with Gasteiger partial charge in [0.1, 0.15) is 12.3 Å². The van der Waals surface area contributed by atoms with Crippen LogP contribution in [-0.4, -0.2) is 29.9 Å². The topological polar surface area (TPSA) is 71.5 Å². The summed E-state index contributed by atoms with van der Waals surface area (Å²) in [4.78, 5) is 30.5. The molecule has 1 aliphatic rings. The lowest BCUT2D eigenvalue weighted by Crippen LogP contribution is -2.37. The molecule has 0 atom stereocenters. The average Bonchev–Trinajstić information content (AvgIpc) is 2.96. The molecule has 1 N–H and O–H groups in total. The van der Waals surface area contributed by atoms with Crippen LogP contribution in [0.1, 0.15) is 31.9 Å². The third-order valence-corrected chi connectivity index (χ3v) is 4.47. The summed E-state index contributed by atoms with van der Waals surface area (Å²) in [6.07, 6.45) is 0.247. The van der Waals surface area contributed by atoms with E-state index in [1.807, 2.05) is 31.4 Å². The van der Waals surface area contributed by atoms with Gasteiger partial charge in [-0.15, -0.1) is 11.3 Å². The van der Waals surface area contributed by atoms with Crippen LogP contribution < -0.4 is 15.0 Å². The van der Waals surface area contributed by atoms with E-state index in [1.54, 1.807) is 12.1 Å². The largest absolute Gasteiger partial charge is 0.491 e. The van der Waals surface area contributed by atoms with Gasteiger partial charge >= 0.3 is 0 Å². The van der Waals surface area contributed by atoms with Crippen molar-refractivity contribution in [2.45, 2.75) is 26.2 Å². The molecule has 2 aromatic rings. The second kappa shape index (κ2) is 7.00.